The lowest BCUT2D eigenvalue weighted by atomic mass is 10.2. The summed E-state index contributed by atoms with van der Waals surface area (Å²) < 4.78 is 0.664. The number of amides is 3. The second-order valence-corrected chi connectivity index (χ2v) is 9.41. The first-order valence-electron chi connectivity index (χ1n) is 10.0. The molecule has 1 N–H and O–H groups in total. The van der Waals surface area contributed by atoms with E-state index in [0.717, 1.165) is 31.5 Å². The number of carbonyl (C=O) groups excluding carboxylic acids is 3. The van der Waals surface area contributed by atoms with Gasteiger partial charge in [0.15, 0.2) is 4.34 Å². The van der Waals surface area contributed by atoms with Crippen LogP contribution in [0.5, 0.6) is 0 Å². The summed E-state index contributed by atoms with van der Waals surface area (Å²) in [5.41, 5.74) is 1.54. The van der Waals surface area contributed by atoms with Gasteiger partial charge in [-0.3, -0.25) is 19.3 Å². The molecule has 2 aromatic rings. The van der Waals surface area contributed by atoms with Crippen LogP contribution in [0.3, 0.4) is 0 Å². The lowest BCUT2D eigenvalue weighted by Gasteiger charge is -2.17. The fraction of sp³-hybridized carbons (Fsp3) is 0.450. The van der Waals surface area contributed by atoms with E-state index in [0.29, 0.717) is 28.0 Å². The molecule has 30 heavy (non-hydrogen) atoms. The third-order valence-electron chi connectivity index (χ3n) is 4.95. The quantitative estimate of drug-likeness (QED) is 0.495. The van der Waals surface area contributed by atoms with Gasteiger partial charge >= 0.3 is 0 Å². The molecular formula is C20H23N5O3S2. The Kier molecular flexibility index (Phi) is 6.33. The molecule has 3 amide bonds. The molecule has 8 nitrogen and oxygen atoms in total. The van der Waals surface area contributed by atoms with E-state index in [9.17, 15) is 14.4 Å². The van der Waals surface area contributed by atoms with Crippen molar-refractivity contribution < 1.29 is 14.4 Å². The van der Waals surface area contributed by atoms with Gasteiger partial charge in [-0.05, 0) is 43.5 Å². The van der Waals surface area contributed by atoms with Crippen molar-refractivity contribution in [3.8, 4) is 0 Å². The minimum atomic E-state index is -0.148. The molecule has 158 valence electrons. The van der Waals surface area contributed by atoms with Crippen LogP contribution in [0.25, 0.3) is 0 Å². The number of benzene rings is 1. The molecule has 2 heterocycles. The number of thioether (sulfide) groups is 1. The Labute approximate surface area is 183 Å². The van der Waals surface area contributed by atoms with Crippen LogP contribution in [0.4, 0.5) is 16.5 Å². The first-order chi connectivity index (χ1) is 14.5. The largest absolute Gasteiger partial charge is 0.325 e. The van der Waals surface area contributed by atoms with Crippen molar-refractivity contribution in [2.24, 2.45) is 0 Å². The summed E-state index contributed by atoms with van der Waals surface area (Å²) in [5, 5.41) is 11.7. The summed E-state index contributed by atoms with van der Waals surface area (Å²) in [4.78, 5) is 39.8. The third-order valence-corrected chi connectivity index (χ3v) is 7.00. The summed E-state index contributed by atoms with van der Waals surface area (Å²) >= 11 is 2.65. The van der Waals surface area contributed by atoms with Crippen molar-refractivity contribution in [3.63, 3.8) is 0 Å². The predicted octanol–water partition coefficient (Wildman–Crippen LogP) is 3.30. The summed E-state index contributed by atoms with van der Waals surface area (Å²) in [6.07, 6.45) is 3.91. The molecule has 4 rings (SSSR count). The van der Waals surface area contributed by atoms with E-state index in [1.165, 1.54) is 23.1 Å². The molecule has 1 saturated heterocycles. The highest BCUT2D eigenvalue weighted by molar-refractivity contribution is 8.01. The van der Waals surface area contributed by atoms with Gasteiger partial charge in [-0.25, -0.2) is 0 Å². The highest BCUT2D eigenvalue weighted by Gasteiger charge is 2.35. The Morgan fingerprint density at radius 1 is 1.27 bits per heavy atom. The Balaban J connectivity index is 1.29. The van der Waals surface area contributed by atoms with E-state index in [2.05, 4.69) is 15.5 Å². The van der Waals surface area contributed by atoms with Crippen molar-refractivity contribution in [1.29, 1.82) is 0 Å². The summed E-state index contributed by atoms with van der Waals surface area (Å²) in [6.45, 7) is 2.58. The summed E-state index contributed by atoms with van der Waals surface area (Å²) in [5.74, 6) is 0.250. The molecular weight excluding hydrogens is 422 g/mol. The molecule has 0 unspecified atom stereocenters. The van der Waals surface area contributed by atoms with Crippen molar-refractivity contribution in [2.45, 2.75) is 49.4 Å². The summed E-state index contributed by atoms with van der Waals surface area (Å²) in [6, 6.07) is 7.54. The molecule has 1 aliphatic carbocycles. The number of aromatic nitrogens is 2. The van der Waals surface area contributed by atoms with Gasteiger partial charge in [0.2, 0.25) is 22.9 Å². The van der Waals surface area contributed by atoms with Crippen LogP contribution in [0.1, 0.15) is 39.0 Å². The van der Waals surface area contributed by atoms with Crippen LogP contribution in [0.15, 0.2) is 28.6 Å². The monoisotopic (exact) mass is 445 g/mol. The highest BCUT2D eigenvalue weighted by atomic mass is 32.2. The van der Waals surface area contributed by atoms with Crippen molar-refractivity contribution in [1.82, 2.24) is 10.2 Å². The van der Waals surface area contributed by atoms with E-state index >= 15 is 0 Å². The van der Waals surface area contributed by atoms with Gasteiger partial charge in [-0.15, -0.1) is 10.2 Å². The summed E-state index contributed by atoms with van der Waals surface area (Å²) in [7, 11) is 0. The number of rotatable bonds is 8. The van der Waals surface area contributed by atoms with Gasteiger partial charge in [0.1, 0.15) is 0 Å². The van der Waals surface area contributed by atoms with Crippen molar-refractivity contribution in [2.75, 3.05) is 27.4 Å². The molecule has 1 aromatic carbocycles. The highest BCUT2D eigenvalue weighted by Crippen LogP contribution is 2.36. The minimum absolute atomic E-state index is 0.0574. The molecule has 10 heteroatoms. The molecule has 0 bridgehead atoms. The normalized spacial score (nSPS) is 16.0. The average molecular weight is 446 g/mol. The number of nitrogens with one attached hydrogen (secondary N) is 1. The molecule has 1 aliphatic heterocycles. The van der Waals surface area contributed by atoms with Gasteiger partial charge in [-0.2, -0.15) is 0 Å². The Morgan fingerprint density at radius 2 is 2.03 bits per heavy atom. The second-order valence-electron chi connectivity index (χ2n) is 7.23. The molecule has 1 aromatic heterocycles. The number of carbonyl (C=O) groups is 3. The van der Waals surface area contributed by atoms with E-state index in [1.807, 2.05) is 19.1 Å². The van der Waals surface area contributed by atoms with Crippen molar-refractivity contribution >= 4 is 57.3 Å². The second kappa shape index (κ2) is 9.13. The smallest absolute Gasteiger partial charge is 0.234 e. The number of nitrogens with zero attached hydrogens (tertiary/aromatic N) is 4. The van der Waals surface area contributed by atoms with Crippen LogP contribution in [0.2, 0.25) is 0 Å². The first-order valence-corrected chi connectivity index (χ1v) is 11.8. The molecule has 0 spiro atoms. The Morgan fingerprint density at radius 3 is 2.67 bits per heavy atom. The third kappa shape index (κ3) is 4.81. The van der Waals surface area contributed by atoms with Crippen molar-refractivity contribution in [3.05, 3.63) is 24.3 Å². The number of hydrogen-bond donors (Lipinski definition) is 1. The fourth-order valence-electron chi connectivity index (χ4n) is 3.30. The maximum Gasteiger partial charge on any atom is 0.234 e. The SMILES string of the molecule is CCC(=O)N(c1nnc(SCC(=O)Nc2ccc(N3CCCC3=O)cc2)s1)C1CC1. The van der Waals surface area contributed by atoms with Gasteiger partial charge < -0.3 is 10.2 Å². The number of anilines is 3. The first kappa shape index (κ1) is 20.8. The maximum absolute atomic E-state index is 12.3. The van der Waals surface area contributed by atoms with Crippen LogP contribution in [-0.4, -0.2) is 46.3 Å². The molecule has 0 atom stereocenters. The molecule has 0 radical (unpaired) electrons. The van der Waals surface area contributed by atoms with Crippen LogP contribution in [0, 0.1) is 0 Å². The van der Waals surface area contributed by atoms with E-state index in [4.69, 9.17) is 0 Å². The van der Waals surface area contributed by atoms with Gasteiger partial charge in [0.05, 0.1) is 5.75 Å². The molecule has 1 saturated carbocycles. The minimum Gasteiger partial charge on any atom is -0.325 e. The Hall–Kier alpha value is -2.46. The molecule has 2 aliphatic rings. The zero-order chi connectivity index (χ0) is 21.1. The van der Waals surface area contributed by atoms with E-state index in [1.54, 1.807) is 21.9 Å². The molecule has 2 fully saturated rings. The predicted molar refractivity (Wildman–Crippen MR) is 118 cm³/mol. The lowest BCUT2D eigenvalue weighted by Crippen LogP contribution is -2.32. The average Bonchev–Trinajstić information content (AvgIpc) is 3.30. The zero-order valence-corrected chi connectivity index (χ0v) is 18.3. The zero-order valence-electron chi connectivity index (χ0n) is 16.7. The number of hydrogen-bond acceptors (Lipinski definition) is 7. The lowest BCUT2D eigenvalue weighted by molar-refractivity contribution is -0.118. The topological polar surface area (TPSA) is 95.5 Å². The van der Waals surface area contributed by atoms with Gasteiger partial charge in [0, 0.05) is 36.8 Å². The van der Waals surface area contributed by atoms with Gasteiger partial charge in [-0.1, -0.05) is 30.0 Å². The van der Waals surface area contributed by atoms with Crippen LogP contribution < -0.4 is 15.1 Å². The van der Waals surface area contributed by atoms with Crippen LogP contribution >= 0.6 is 23.1 Å². The fourth-order valence-corrected chi connectivity index (χ4v) is 5.03. The van der Waals surface area contributed by atoms with E-state index in [-0.39, 0.29) is 29.5 Å². The van der Waals surface area contributed by atoms with Gasteiger partial charge in [0.25, 0.3) is 0 Å². The van der Waals surface area contributed by atoms with Crippen LogP contribution in [-0.2, 0) is 14.4 Å². The van der Waals surface area contributed by atoms with E-state index < -0.39 is 0 Å². The maximum atomic E-state index is 12.3. The Bertz CT molecular complexity index is 942. The standard InChI is InChI=1S/C20H23N5O3S2/c1-2-17(27)25(15-9-10-15)19-22-23-20(30-19)29-12-16(26)21-13-5-7-14(8-6-13)24-11-3-4-18(24)28/h5-8,15H,2-4,9-12H2,1H3,(H,21,26).